The molecular weight excluding hydrogens is 462 g/mol. The molecule has 2 saturated heterocycles. The van der Waals surface area contributed by atoms with Crippen LogP contribution in [0.25, 0.3) is 10.8 Å². The van der Waals surface area contributed by atoms with E-state index < -0.39 is 11.1 Å². The van der Waals surface area contributed by atoms with E-state index in [-0.39, 0.29) is 18.0 Å². The van der Waals surface area contributed by atoms with Gasteiger partial charge in [-0.15, -0.1) is 11.8 Å². The predicted octanol–water partition coefficient (Wildman–Crippen LogP) is 4.91. The molecule has 2 heterocycles. The molecule has 1 N–H and O–H groups in total. The summed E-state index contributed by atoms with van der Waals surface area (Å²) in [6.45, 7) is 6.52. The monoisotopic (exact) mass is 489 g/mol. The van der Waals surface area contributed by atoms with Crippen LogP contribution < -0.4 is 5.32 Å². The third-order valence-corrected chi connectivity index (χ3v) is 7.08. The Morgan fingerprint density at radius 2 is 1.79 bits per heavy atom. The molecule has 4 rings (SSSR count). The van der Waals surface area contributed by atoms with Gasteiger partial charge in [-0.2, -0.15) is 0 Å². The number of rotatable bonds is 4. The Labute approximate surface area is 202 Å². The largest absolute Gasteiger partial charge is 0.444 e. The number of nitrogens with one attached hydrogen (secondary N) is 1. The van der Waals surface area contributed by atoms with Gasteiger partial charge in [0.15, 0.2) is 0 Å². The summed E-state index contributed by atoms with van der Waals surface area (Å²) in [7, 11) is 0. The lowest BCUT2D eigenvalue weighted by molar-refractivity contribution is -0.132. The van der Waals surface area contributed by atoms with Gasteiger partial charge in [0.25, 0.3) is 5.91 Å². The van der Waals surface area contributed by atoms with Crippen LogP contribution in [0.4, 0.5) is 9.59 Å². The maximum absolute atomic E-state index is 13.1. The lowest BCUT2D eigenvalue weighted by Gasteiger charge is -2.37. The number of amides is 4. The number of carbonyl (C=O) groups excluding carboxylic acids is 3. The van der Waals surface area contributed by atoms with Crippen LogP contribution in [-0.2, 0) is 9.53 Å². The van der Waals surface area contributed by atoms with E-state index in [4.69, 9.17) is 16.3 Å². The summed E-state index contributed by atoms with van der Waals surface area (Å²) in [6.07, 6.45) is 0.376. The van der Waals surface area contributed by atoms with Crippen LogP contribution >= 0.6 is 23.4 Å². The van der Waals surface area contributed by atoms with Gasteiger partial charge in [0.2, 0.25) is 0 Å². The number of halogens is 1. The highest BCUT2D eigenvalue weighted by molar-refractivity contribution is 7.99. The van der Waals surface area contributed by atoms with Gasteiger partial charge >= 0.3 is 12.1 Å². The van der Waals surface area contributed by atoms with E-state index in [0.717, 1.165) is 15.7 Å². The van der Waals surface area contributed by atoms with E-state index in [9.17, 15) is 14.4 Å². The standard InChI is InChI=1S/C24H28ClN3O4S/c1-23(2,3)32-22(31)27-10-8-24(9-11-27)20(29)28(21(30)26-24)12-13-33-19-7-5-16-14-18(25)6-4-17(16)15-19/h4-7,14-15H,8-13H2,1-3H3,(H,26,30). The molecule has 33 heavy (non-hydrogen) atoms. The van der Waals surface area contributed by atoms with Gasteiger partial charge in [-0.25, -0.2) is 9.59 Å². The smallest absolute Gasteiger partial charge is 0.410 e. The highest BCUT2D eigenvalue weighted by Crippen LogP contribution is 2.31. The van der Waals surface area contributed by atoms with Crippen molar-refractivity contribution in [1.82, 2.24) is 15.1 Å². The van der Waals surface area contributed by atoms with Crippen LogP contribution in [0.15, 0.2) is 41.3 Å². The van der Waals surface area contributed by atoms with Crippen molar-refractivity contribution in [1.29, 1.82) is 0 Å². The summed E-state index contributed by atoms with van der Waals surface area (Å²) in [6, 6.07) is 11.5. The van der Waals surface area contributed by atoms with E-state index >= 15 is 0 Å². The van der Waals surface area contributed by atoms with Gasteiger partial charge in [0.05, 0.1) is 0 Å². The number of carbonyl (C=O) groups is 3. The predicted molar refractivity (Wildman–Crippen MR) is 130 cm³/mol. The number of benzene rings is 2. The fourth-order valence-corrected chi connectivity index (χ4v) is 5.22. The van der Waals surface area contributed by atoms with Crippen molar-refractivity contribution in [2.45, 2.75) is 49.6 Å². The Morgan fingerprint density at radius 3 is 2.48 bits per heavy atom. The molecule has 2 aromatic carbocycles. The minimum atomic E-state index is -0.928. The third-order valence-electron chi connectivity index (χ3n) is 5.87. The highest BCUT2D eigenvalue weighted by atomic mass is 35.5. The van der Waals surface area contributed by atoms with Gasteiger partial charge < -0.3 is 15.0 Å². The quantitative estimate of drug-likeness (QED) is 0.487. The number of hydrogen-bond acceptors (Lipinski definition) is 5. The first-order valence-electron chi connectivity index (χ1n) is 11.0. The lowest BCUT2D eigenvalue weighted by atomic mass is 9.87. The van der Waals surface area contributed by atoms with Gasteiger partial charge in [-0.3, -0.25) is 9.69 Å². The van der Waals surface area contributed by atoms with Crippen molar-refractivity contribution < 1.29 is 19.1 Å². The van der Waals surface area contributed by atoms with Gasteiger partial charge in [-0.1, -0.05) is 23.7 Å². The Hall–Kier alpha value is -2.45. The summed E-state index contributed by atoms with van der Waals surface area (Å²) in [5, 5.41) is 5.76. The molecule has 2 aromatic rings. The fourth-order valence-electron chi connectivity index (χ4n) is 4.15. The van der Waals surface area contributed by atoms with Crippen LogP contribution in [0, 0.1) is 0 Å². The summed E-state index contributed by atoms with van der Waals surface area (Å²) >= 11 is 7.65. The zero-order chi connectivity index (χ0) is 23.8. The summed E-state index contributed by atoms with van der Waals surface area (Å²) in [5.41, 5.74) is -1.50. The molecule has 1 spiro atoms. The molecule has 0 bridgehead atoms. The Kier molecular flexibility index (Phi) is 6.51. The molecule has 0 aliphatic carbocycles. The molecule has 9 heteroatoms. The molecule has 2 aliphatic heterocycles. The van der Waals surface area contributed by atoms with Crippen LogP contribution in [0.5, 0.6) is 0 Å². The summed E-state index contributed by atoms with van der Waals surface area (Å²) in [4.78, 5) is 42.0. The van der Waals surface area contributed by atoms with E-state index in [1.807, 2.05) is 51.1 Å². The van der Waals surface area contributed by atoms with Gasteiger partial charge in [0.1, 0.15) is 11.1 Å². The first-order valence-corrected chi connectivity index (χ1v) is 12.4. The molecule has 4 amide bonds. The van der Waals surface area contributed by atoms with E-state index in [2.05, 4.69) is 11.4 Å². The van der Waals surface area contributed by atoms with Crippen molar-refractivity contribution in [2.75, 3.05) is 25.4 Å². The van der Waals surface area contributed by atoms with E-state index in [1.165, 1.54) is 4.90 Å². The number of likely N-dealkylation sites (tertiary alicyclic amines) is 1. The molecule has 0 radical (unpaired) electrons. The van der Waals surface area contributed by atoms with Crippen LogP contribution in [0.3, 0.4) is 0 Å². The Bertz CT molecular complexity index is 1090. The number of piperidine rings is 1. The Balaban J connectivity index is 1.32. The van der Waals surface area contributed by atoms with Gasteiger partial charge in [-0.05, 0) is 68.7 Å². The van der Waals surface area contributed by atoms with Gasteiger partial charge in [0, 0.05) is 35.3 Å². The first kappa shape index (κ1) is 23.7. The maximum atomic E-state index is 13.1. The lowest BCUT2D eigenvalue weighted by Crippen LogP contribution is -2.56. The maximum Gasteiger partial charge on any atom is 0.410 e. The van der Waals surface area contributed by atoms with Crippen molar-refractivity contribution in [3.63, 3.8) is 0 Å². The molecule has 0 aromatic heterocycles. The average molecular weight is 490 g/mol. The minimum Gasteiger partial charge on any atom is -0.444 e. The number of imide groups is 1. The summed E-state index contributed by atoms with van der Waals surface area (Å²) in [5.74, 6) is 0.392. The van der Waals surface area contributed by atoms with Crippen molar-refractivity contribution >= 4 is 52.2 Å². The fraction of sp³-hybridized carbons (Fsp3) is 0.458. The number of nitrogens with zero attached hydrogens (tertiary/aromatic N) is 2. The molecule has 2 aliphatic rings. The molecule has 0 saturated carbocycles. The number of urea groups is 1. The zero-order valence-electron chi connectivity index (χ0n) is 19.0. The topological polar surface area (TPSA) is 79.0 Å². The molecule has 2 fully saturated rings. The van der Waals surface area contributed by atoms with Crippen molar-refractivity contribution in [3.8, 4) is 0 Å². The summed E-state index contributed by atoms with van der Waals surface area (Å²) < 4.78 is 5.42. The second kappa shape index (κ2) is 9.06. The number of ether oxygens (including phenoxy) is 1. The zero-order valence-corrected chi connectivity index (χ0v) is 20.6. The Morgan fingerprint density at radius 1 is 1.12 bits per heavy atom. The molecule has 176 valence electrons. The second-order valence-corrected chi connectivity index (χ2v) is 11.0. The highest BCUT2D eigenvalue weighted by Gasteiger charge is 2.52. The second-order valence-electron chi connectivity index (χ2n) is 9.44. The number of hydrogen-bond donors (Lipinski definition) is 1. The van der Waals surface area contributed by atoms with Crippen LogP contribution in [0.1, 0.15) is 33.6 Å². The van der Waals surface area contributed by atoms with Crippen LogP contribution in [0.2, 0.25) is 5.02 Å². The normalized spacial score (nSPS) is 18.2. The third kappa shape index (κ3) is 5.22. The van der Waals surface area contributed by atoms with Crippen LogP contribution in [-0.4, -0.2) is 64.4 Å². The molecular formula is C24H28ClN3O4S. The first-order chi connectivity index (χ1) is 15.6. The minimum absolute atomic E-state index is 0.204. The van der Waals surface area contributed by atoms with E-state index in [0.29, 0.717) is 43.3 Å². The number of fused-ring (bicyclic) bond motifs is 1. The SMILES string of the molecule is CC(C)(C)OC(=O)N1CCC2(CC1)NC(=O)N(CCSc1ccc3cc(Cl)ccc3c1)C2=O. The number of thioether (sulfide) groups is 1. The van der Waals surface area contributed by atoms with Crippen molar-refractivity contribution in [2.24, 2.45) is 0 Å². The molecule has 0 unspecified atom stereocenters. The molecule has 7 nitrogen and oxygen atoms in total. The van der Waals surface area contributed by atoms with Crippen molar-refractivity contribution in [3.05, 3.63) is 41.4 Å². The average Bonchev–Trinajstić information content (AvgIpc) is 2.97. The van der Waals surface area contributed by atoms with E-state index in [1.54, 1.807) is 16.7 Å². The molecule has 0 atom stereocenters.